The molecule has 0 amide bonds. The van der Waals surface area contributed by atoms with Gasteiger partial charge in [-0.05, 0) is 37.3 Å². The van der Waals surface area contributed by atoms with Crippen molar-refractivity contribution in [2.75, 3.05) is 5.32 Å². The van der Waals surface area contributed by atoms with Gasteiger partial charge in [-0.3, -0.25) is 0 Å². The smallest absolute Gasteiger partial charge is 0.138 e. The minimum absolute atomic E-state index is 0.803. The Labute approximate surface area is 128 Å². The predicted octanol–water partition coefficient (Wildman–Crippen LogP) is 4.10. The molecule has 0 saturated heterocycles. The quantitative estimate of drug-likeness (QED) is 0.790. The van der Waals surface area contributed by atoms with Gasteiger partial charge in [0, 0.05) is 11.4 Å². The molecule has 3 aromatic rings. The van der Waals surface area contributed by atoms with E-state index in [2.05, 4.69) is 46.5 Å². The lowest BCUT2D eigenvalue weighted by Gasteiger charge is -2.08. The zero-order valence-electron chi connectivity index (χ0n) is 12.0. The Morgan fingerprint density at radius 2 is 2.00 bits per heavy atom. The molecule has 2 heterocycles. The van der Waals surface area contributed by atoms with Crippen LogP contribution in [-0.2, 0) is 19.4 Å². The van der Waals surface area contributed by atoms with Gasteiger partial charge in [0.1, 0.15) is 17.0 Å². The molecule has 4 heteroatoms. The van der Waals surface area contributed by atoms with Crippen molar-refractivity contribution in [3.8, 4) is 0 Å². The molecular weight excluding hydrogens is 278 g/mol. The Hall–Kier alpha value is -1.94. The summed E-state index contributed by atoms with van der Waals surface area (Å²) in [4.78, 5) is 11.5. The van der Waals surface area contributed by atoms with E-state index in [0.29, 0.717) is 0 Å². The van der Waals surface area contributed by atoms with Crippen LogP contribution in [0.1, 0.15) is 28.0 Å². The van der Waals surface area contributed by atoms with E-state index in [1.54, 1.807) is 6.33 Å². The lowest BCUT2D eigenvalue weighted by atomic mass is 10.1. The van der Waals surface area contributed by atoms with Crippen LogP contribution >= 0.6 is 11.3 Å². The molecule has 0 atom stereocenters. The average molecular weight is 295 g/mol. The molecule has 1 aliphatic rings. The van der Waals surface area contributed by atoms with Crippen LogP contribution in [0.4, 0.5) is 5.82 Å². The number of hydrogen-bond donors (Lipinski definition) is 1. The summed E-state index contributed by atoms with van der Waals surface area (Å²) < 4.78 is 0. The summed E-state index contributed by atoms with van der Waals surface area (Å²) >= 11 is 1.83. The third-order valence-electron chi connectivity index (χ3n) is 4.08. The Bertz CT molecular complexity index is 790. The maximum Gasteiger partial charge on any atom is 0.138 e. The predicted molar refractivity (Wildman–Crippen MR) is 87.9 cm³/mol. The Kier molecular flexibility index (Phi) is 3.11. The van der Waals surface area contributed by atoms with Gasteiger partial charge in [0.2, 0.25) is 0 Å². The summed E-state index contributed by atoms with van der Waals surface area (Å²) in [5, 5.41) is 4.75. The Morgan fingerprint density at radius 3 is 2.86 bits per heavy atom. The first-order chi connectivity index (χ1) is 10.3. The van der Waals surface area contributed by atoms with Crippen LogP contribution in [0.2, 0.25) is 0 Å². The largest absolute Gasteiger partial charge is 0.365 e. The lowest BCUT2D eigenvalue weighted by molar-refractivity contribution is 0.917. The van der Waals surface area contributed by atoms with Gasteiger partial charge in [-0.15, -0.1) is 11.3 Å². The van der Waals surface area contributed by atoms with Crippen molar-refractivity contribution in [2.45, 2.75) is 32.7 Å². The molecule has 0 fully saturated rings. The minimum Gasteiger partial charge on any atom is -0.365 e. The number of fused-ring (bicyclic) bond motifs is 3. The van der Waals surface area contributed by atoms with Crippen molar-refractivity contribution >= 4 is 27.4 Å². The molecule has 1 N–H and O–H groups in total. The first-order valence-corrected chi connectivity index (χ1v) is 8.17. The van der Waals surface area contributed by atoms with Gasteiger partial charge in [0.05, 0.1) is 5.39 Å². The maximum atomic E-state index is 4.47. The van der Waals surface area contributed by atoms with Crippen LogP contribution in [0.5, 0.6) is 0 Å². The van der Waals surface area contributed by atoms with E-state index in [1.165, 1.54) is 46.2 Å². The van der Waals surface area contributed by atoms with E-state index in [1.807, 2.05) is 11.3 Å². The van der Waals surface area contributed by atoms with Gasteiger partial charge in [0.15, 0.2) is 0 Å². The highest BCUT2D eigenvalue weighted by molar-refractivity contribution is 7.19. The number of thiophene rings is 1. The number of nitrogens with zero attached hydrogens (tertiary/aromatic N) is 2. The molecule has 21 heavy (non-hydrogen) atoms. The third-order valence-corrected chi connectivity index (χ3v) is 5.28. The van der Waals surface area contributed by atoms with E-state index in [0.717, 1.165) is 17.2 Å². The fourth-order valence-corrected chi connectivity index (χ4v) is 4.18. The number of anilines is 1. The Balaban J connectivity index is 1.65. The normalized spacial score (nSPS) is 13.6. The molecule has 0 saturated carbocycles. The second-order valence-electron chi connectivity index (χ2n) is 5.60. The number of benzene rings is 1. The zero-order valence-corrected chi connectivity index (χ0v) is 12.8. The second kappa shape index (κ2) is 5.11. The molecule has 1 aromatic carbocycles. The summed E-state index contributed by atoms with van der Waals surface area (Å²) in [6.07, 6.45) is 5.31. The van der Waals surface area contributed by atoms with Gasteiger partial charge in [0.25, 0.3) is 0 Å². The van der Waals surface area contributed by atoms with Crippen LogP contribution in [-0.4, -0.2) is 9.97 Å². The average Bonchev–Trinajstić information content (AvgIpc) is 3.07. The standard InChI is InChI=1S/C17H17N3S/c1-11-5-7-12(8-6-11)9-18-16-15-13-3-2-4-14(13)21-17(15)20-10-19-16/h5-8,10H,2-4,9H2,1H3,(H,18,19,20). The number of rotatable bonds is 3. The lowest BCUT2D eigenvalue weighted by Crippen LogP contribution is -2.02. The fourth-order valence-electron chi connectivity index (χ4n) is 2.95. The molecule has 1 aliphatic carbocycles. The number of aromatic nitrogens is 2. The van der Waals surface area contributed by atoms with Crippen LogP contribution in [0.15, 0.2) is 30.6 Å². The van der Waals surface area contributed by atoms with Crippen molar-refractivity contribution in [1.29, 1.82) is 0 Å². The van der Waals surface area contributed by atoms with Gasteiger partial charge >= 0.3 is 0 Å². The first kappa shape index (κ1) is 12.8. The summed E-state index contributed by atoms with van der Waals surface area (Å²) in [6.45, 7) is 2.91. The van der Waals surface area contributed by atoms with Gasteiger partial charge in [-0.25, -0.2) is 9.97 Å². The van der Waals surface area contributed by atoms with Gasteiger partial charge in [-0.1, -0.05) is 29.8 Å². The van der Waals surface area contributed by atoms with Crippen molar-refractivity contribution in [3.63, 3.8) is 0 Å². The van der Waals surface area contributed by atoms with Crippen LogP contribution in [0.25, 0.3) is 10.2 Å². The molecule has 0 spiro atoms. The first-order valence-electron chi connectivity index (χ1n) is 7.36. The number of hydrogen-bond acceptors (Lipinski definition) is 4. The van der Waals surface area contributed by atoms with E-state index < -0.39 is 0 Å². The van der Waals surface area contributed by atoms with Gasteiger partial charge < -0.3 is 5.32 Å². The number of aryl methyl sites for hydroxylation is 3. The molecule has 0 aliphatic heterocycles. The summed E-state index contributed by atoms with van der Waals surface area (Å²) in [7, 11) is 0. The Morgan fingerprint density at radius 1 is 1.14 bits per heavy atom. The van der Waals surface area contributed by atoms with Crippen molar-refractivity contribution in [1.82, 2.24) is 9.97 Å². The van der Waals surface area contributed by atoms with E-state index >= 15 is 0 Å². The minimum atomic E-state index is 0.803. The highest BCUT2D eigenvalue weighted by atomic mass is 32.1. The maximum absolute atomic E-state index is 4.47. The molecule has 2 aromatic heterocycles. The van der Waals surface area contributed by atoms with E-state index in [-0.39, 0.29) is 0 Å². The summed E-state index contributed by atoms with van der Waals surface area (Å²) in [5.74, 6) is 0.986. The molecule has 3 nitrogen and oxygen atoms in total. The topological polar surface area (TPSA) is 37.8 Å². The highest BCUT2D eigenvalue weighted by Gasteiger charge is 2.20. The molecule has 4 rings (SSSR count). The van der Waals surface area contributed by atoms with E-state index in [4.69, 9.17) is 0 Å². The van der Waals surface area contributed by atoms with Crippen molar-refractivity contribution in [2.24, 2.45) is 0 Å². The van der Waals surface area contributed by atoms with Crippen molar-refractivity contribution in [3.05, 3.63) is 52.2 Å². The molecule has 106 valence electrons. The fraction of sp³-hybridized carbons (Fsp3) is 0.294. The molecule has 0 bridgehead atoms. The second-order valence-corrected chi connectivity index (χ2v) is 6.68. The van der Waals surface area contributed by atoms with Crippen LogP contribution in [0.3, 0.4) is 0 Å². The molecular formula is C17H17N3S. The monoisotopic (exact) mass is 295 g/mol. The highest BCUT2D eigenvalue weighted by Crippen LogP contribution is 2.39. The zero-order chi connectivity index (χ0) is 14.2. The summed E-state index contributed by atoms with van der Waals surface area (Å²) in [5.41, 5.74) is 4.04. The molecule has 0 radical (unpaired) electrons. The van der Waals surface area contributed by atoms with Crippen LogP contribution < -0.4 is 5.32 Å². The van der Waals surface area contributed by atoms with Gasteiger partial charge in [-0.2, -0.15) is 0 Å². The third kappa shape index (κ3) is 2.29. The SMILES string of the molecule is Cc1ccc(CNc2ncnc3sc4c(c23)CCC4)cc1. The van der Waals surface area contributed by atoms with Crippen molar-refractivity contribution < 1.29 is 0 Å². The summed E-state index contributed by atoms with van der Waals surface area (Å²) in [6, 6.07) is 8.63. The van der Waals surface area contributed by atoms with Crippen LogP contribution in [0, 0.1) is 6.92 Å². The van der Waals surface area contributed by atoms with E-state index in [9.17, 15) is 0 Å². The number of nitrogens with one attached hydrogen (secondary N) is 1. The molecule has 0 unspecified atom stereocenters.